The van der Waals surface area contributed by atoms with E-state index in [-0.39, 0.29) is 4.90 Å². The van der Waals surface area contributed by atoms with Gasteiger partial charge in [0.2, 0.25) is 10.0 Å². The number of methoxy groups -OCH3 is 1. The number of nitrogens with zero attached hydrogens (tertiary/aromatic N) is 1. The van der Waals surface area contributed by atoms with E-state index in [1.54, 1.807) is 49.7 Å². The number of nitrogens with two attached hydrogens (primary N) is 1. The Morgan fingerprint density at radius 3 is 2.48 bits per heavy atom. The van der Waals surface area contributed by atoms with Gasteiger partial charge >= 0.3 is 0 Å². The van der Waals surface area contributed by atoms with Crippen LogP contribution in [-0.4, -0.2) is 21.7 Å². The van der Waals surface area contributed by atoms with Crippen LogP contribution in [0.1, 0.15) is 5.56 Å². The van der Waals surface area contributed by atoms with E-state index in [4.69, 9.17) is 21.5 Å². The number of aliphatic imine (C=N–C) groups is 1. The van der Waals surface area contributed by atoms with Gasteiger partial charge in [-0.05, 0) is 54.6 Å². The van der Waals surface area contributed by atoms with E-state index in [0.29, 0.717) is 16.5 Å². The van der Waals surface area contributed by atoms with Crippen LogP contribution in [0.3, 0.4) is 0 Å². The molecule has 0 saturated carbocycles. The molecular formula is C16H15ClN2O3S. The van der Waals surface area contributed by atoms with Crippen molar-refractivity contribution in [2.75, 3.05) is 7.11 Å². The summed E-state index contributed by atoms with van der Waals surface area (Å²) in [6.07, 6.45) is 5.14. The summed E-state index contributed by atoms with van der Waals surface area (Å²) in [6, 6.07) is 11.3. The summed E-state index contributed by atoms with van der Waals surface area (Å²) < 4.78 is 27.5. The van der Waals surface area contributed by atoms with E-state index in [1.807, 2.05) is 6.08 Å². The number of allylic oxidation sites excluding steroid dienone is 1. The lowest BCUT2D eigenvalue weighted by Crippen LogP contribution is -2.11. The first kappa shape index (κ1) is 17.2. The third-order valence-electron chi connectivity index (χ3n) is 2.94. The van der Waals surface area contributed by atoms with Crippen LogP contribution >= 0.6 is 11.6 Å². The van der Waals surface area contributed by atoms with Crippen molar-refractivity contribution in [2.24, 2.45) is 10.1 Å². The molecule has 0 atom stereocenters. The van der Waals surface area contributed by atoms with E-state index >= 15 is 0 Å². The number of hydrogen-bond acceptors (Lipinski definition) is 4. The summed E-state index contributed by atoms with van der Waals surface area (Å²) in [7, 11) is -2.10. The SMILES string of the molecule is COc1ccc(Cl)cc1C=CC=Nc1ccc(S(N)(=O)=O)cc1. The maximum absolute atomic E-state index is 11.2. The smallest absolute Gasteiger partial charge is 0.238 e. The fourth-order valence-electron chi connectivity index (χ4n) is 1.83. The molecule has 2 N–H and O–H groups in total. The third kappa shape index (κ3) is 4.92. The molecule has 2 aromatic rings. The number of primary sulfonamides is 1. The van der Waals surface area contributed by atoms with E-state index in [1.165, 1.54) is 12.1 Å². The molecule has 0 spiro atoms. The van der Waals surface area contributed by atoms with Gasteiger partial charge in [0.05, 0.1) is 17.7 Å². The molecule has 23 heavy (non-hydrogen) atoms. The molecular weight excluding hydrogens is 336 g/mol. The molecule has 0 unspecified atom stereocenters. The second-order valence-electron chi connectivity index (χ2n) is 4.56. The maximum atomic E-state index is 11.2. The Hall–Kier alpha value is -2.15. The summed E-state index contributed by atoms with van der Waals surface area (Å²) in [4.78, 5) is 4.25. The van der Waals surface area contributed by atoms with Crippen LogP contribution < -0.4 is 9.88 Å². The van der Waals surface area contributed by atoms with Gasteiger partial charge in [-0.25, -0.2) is 13.6 Å². The van der Waals surface area contributed by atoms with Crippen LogP contribution in [0.2, 0.25) is 5.02 Å². The molecule has 120 valence electrons. The van der Waals surface area contributed by atoms with Crippen molar-refractivity contribution in [1.82, 2.24) is 0 Å². The van der Waals surface area contributed by atoms with Crippen LogP contribution in [0.4, 0.5) is 5.69 Å². The van der Waals surface area contributed by atoms with Crippen LogP contribution in [0, 0.1) is 0 Å². The van der Waals surface area contributed by atoms with Gasteiger partial charge in [-0.1, -0.05) is 11.6 Å². The number of halogens is 1. The van der Waals surface area contributed by atoms with Gasteiger partial charge in [0.15, 0.2) is 0 Å². The maximum Gasteiger partial charge on any atom is 0.238 e. The van der Waals surface area contributed by atoms with Crippen molar-refractivity contribution in [1.29, 1.82) is 0 Å². The highest BCUT2D eigenvalue weighted by molar-refractivity contribution is 7.89. The quantitative estimate of drug-likeness (QED) is 0.839. The van der Waals surface area contributed by atoms with E-state index in [2.05, 4.69) is 4.99 Å². The summed E-state index contributed by atoms with van der Waals surface area (Å²) in [5.41, 5.74) is 1.44. The minimum Gasteiger partial charge on any atom is -0.496 e. The molecule has 0 aliphatic heterocycles. The van der Waals surface area contributed by atoms with Gasteiger partial charge in [0.25, 0.3) is 0 Å². The first-order valence-corrected chi connectivity index (χ1v) is 8.50. The van der Waals surface area contributed by atoms with E-state index in [9.17, 15) is 8.42 Å². The van der Waals surface area contributed by atoms with Crippen LogP contribution in [-0.2, 0) is 10.0 Å². The predicted octanol–water partition coefficient (Wildman–Crippen LogP) is 3.41. The molecule has 5 nitrogen and oxygen atoms in total. The zero-order chi connectivity index (χ0) is 16.9. The Balaban J connectivity index is 2.11. The third-order valence-corrected chi connectivity index (χ3v) is 4.11. The first-order chi connectivity index (χ1) is 10.9. The topological polar surface area (TPSA) is 81.8 Å². The highest BCUT2D eigenvalue weighted by Crippen LogP contribution is 2.23. The number of ether oxygens (including phenoxy) is 1. The molecule has 2 aromatic carbocycles. The Labute approximate surface area is 140 Å². The van der Waals surface area contributed by atoms with Gasteiger partial charge in [-0.3, -0.25) is 4.99 Å². The van der Waals surface area contributed by atoms with Gasteiger partial charge < -0.3 is 4.74 Å². The molecule has 0 aromatic heterocycles. The van der Waals surface area contributed by atoms with Crippen LogP contribution in [0.25, 0.3) is 6.08 Å². The average Bonchev–Trinajstić information content (AvgIpc) is 2.51. The molecule has 0 bridgehead atoms. The number of rotatable bonds is 5. The normalized spacial score (nSPS) is 12.1. The van der Waals surface area contributed by atoms with E-state index in [0.717, 1.165) is 5.56 Å². The fraction of sp³-hybridized carbons (Fsp3) is 0.0625. The van der Waals surface area contributed by atoms with E-state index < -0.39 is 10.0 Å². The number of sulfonamides is 1. The van der Waals surface area contributed by atoms with Gasteiger partial charge in [-0.15, -0.1) is 0 Å². The Morgan fingerprint density at radius 1 is 1.17 bits per heavy atom. The fourth-order valence-corrected chi connectivity index (χ4v) is 2.53. The molecule has 0 aliphatic carbocycles. The molecule has 0 amide bonds. The second kappa shape index (κ2) is 7.41. The molecule has 0 heterocycles. The highest BCUT2D eigenvalue weighted by atomic mass is 35.5. The summed E-state index contributed by atoms with van der Waals surface area (Å²) in [5, 5.41) is 5.64. The van der Waals surface area contributed by atoms with Crippen molar-refractivity contribution >= 4 is 39.6 Å². The minimum absolute atomic E-state index is 0.0515. The molecule has 0 aliphatic rings. The van der Waals surface area contributed by atoms with Crippen molar-refractivity contribution < 1.29 is 13.2 Å². The monoisotopic (exact) mass is 350 g/mol. The van der Waals surface area contributed by atoms with Gasteiger partial charge in [0, 0.05) is 16.8 Å². The summed E-state index contributed by atoms with van der Waals surface area (Å²) >= 11 is 5.95. The predicted molar refractivity (Wildman–Crippen MR) is 93.0 cm³/mol. The minimum atomic E-state index is -3.68. The van der Waals surface area contributed by atoms with Crippen LogP contribution in [0.5, 0.6) is 5.75 Å². The average molecular weight is 351 g/mol. The first-order valence-electron chi connectivity index (χ1n) is 6.57. The lowest BCUT2D eigenvalue weighted by atomic mass is 10.2. The van der Waals surface area contributed by atoms with Crippen molar-refractivity contribution in [3.8, 4) is 5.75 Å². The van der Waals surface area contributed by atoms with Crippen LogP contribution in [0.15, 0.2) is 58.4 Å². The molecule has 0 saturated heterocycles. The van der Waals surface area contributed by atoms with Crippen molar-refractivity contribution in [3.05, 3.63) is 59.1 Å². The lowest BCUT2D eigenvalue weighted by Gasteiger charge is -2.04. The Bertz CT molecular complexity index is 844. The summed E-state index contributed by atoms with van der Waals surface area (Å²) in [6.45, 7) is 0. The zero-order valence-corrected chi connectivity index (χ0v) is 13.9. The van der Waals surface area contributed by atoms with Crippen molar-refractivity contribution in [2.45, 2.75) is 4.90 Å². The molecule has 0 radical (unpaired) electrons. The van der Waals surface area contributed by atoms with Gasteiger partial charge in [0.1, 0.15) is 5.75 Å². The molecule has 2 rings (SSSR count). The number of benzene rings is 2. The highest BCUT2D eigenvalue weighted by Gasteiger charge is 2.05. The van der Waals surface area contributed by atoms with Crippen molar-refractivity contribution in [3.63, 3.8) is 0 Å². The lowest BCUT2D eigenvalue weighted by molar-refractivity contribution is 0.414. The van der Waals surface area contributed by atoms with Gasteiger partial charge in [-0.2, -0.15) is 0 Å². The summed E-state index contributed by atoms with van der Waals surface area (Å²) in [5.74, 6) is 0.705. The Morgan fingerprint density at radius 2 is 1.87 bits per heavy atom. The molecule has 7 heteroatoms. The zero-order valence-electron chi connectivity index (χ0n) is 12.3. The second-order valence-corrected chi connectivity index (χ2v) is 6.56. The Kier molecular flexibility index (Phi) is 5.54. The number of hydrogen-bond donors (Lipinski definition) is 1. The molecule has 0 fully saturated rings. The largest absolute Gasteiger partial charge is 0.496 e. The standard InChI is InChI=1S/C16H15ClN2O3S/c1-22-16-9-4-13(17)11-12(16)3-2-10-19-14-5-7-15(8-6-14)23(18,20)21/h2-11H,1H3,(H2,18,20,21).